The highest BCUT2D eigenvalue weighted by atomic mass is 14.9. The maximum Gasteiger partial charge on any atom is 0.160 e. The van der Waals surface area contributed by atoms with Gasteiger partial charge in [0.2, 0.25) is 0 Å². The Hall–Kier alpha value is -3.78. The number of aromatic nitrogens is 2. The van der Waals surface area contributed by atoms with Crippen LogP contribution in [0.25, 0.3) is 39.8 Å². The van der Waals surface area contributed by atoms with Crippen LogP contribution in [-0.4, -0.2) is 9.97 Å². The van der Waals surface area contributed by atoms with Crippen molar-refractivity contribution in [3.05, 3.63) is 115 Å². The molecule has 0 spiro atoms. The quantitative estimate of drug-likeness (QED) is 0.371. The van der Waals surface area contributed by atoms with Gasteiger partial charge in [0.05, 0.1) is 11.4 Å². The van der Waals surface area contributed by atoms with Crippen molar-refractivity contribution in [1.29, 1.82) is 0 Å². The maximum atomic E-state index is 4.81. The largest absolute Gasteiger partial charge is 0.229 e. The highest BCUT2D eigenvalue weighted by Crippen LogP contribution is 2.26. The molecule has 0 aliphatic carbocycles. The van der Waals surface area contributed by atoms with Crippen LogP contribution in [0.4, 0.5) is 0 Å². The van der Waals surface area contributed by atoms with Gasteiger partial charge in [-0.05, 0) is 23.3 Å². The van der Waals surface area contributed by atoms with E-state index in [1.54, 1.807) is 6.08 Å². The topological polar surface area (TPSA) is 25.8 Å². The summed E-state index contributed by atoms with van der Waals surface area (Å²) in [5.41, 5.74) is 6.21. The normalized spacial score (nSPS) is 10.9. The van der Waals surface area contributed by atoms with E-state index in [1.807, 2.05) is 54.6 Å². The van der Waals surface area contributed by atoms with Crippen LogP contribution in [0.15, 0.2) is 110 Å². The highest BCUT2D eigenvalue weighted by molar-refractivity contribution is 5.71. The fourth-order valence-corrected chi connectivity index (χ4v) is 3.05. The number of hydrogen-bond acceptors (Lipinski definition) is 2. The van der Waals surface area contributed by atoms with Crippen LogP contribution in [0.5, 0.6) is 0 Å². The van der Waals surface area contributed by atoms with Crippen molar-refractivity contribution in [3.63, 3.8) is 0 Å². The van der Waals surface area contributed by atoms with E-state index in [0.717, 1.165) is 22.5 Å². The standard InChI is InChI=1S/C26H20N2/c1-2-3-14-24-19-25(28-26(27-24)23-12-8-5-9-13-23)22-17-15-21(16-18-22)20-10-6-4-7-11-20/h2-19H,1H2/b14-3+. The van der Waals surface area contributed by atoms with E-state index < -0.39 is 0 Å². The van der Waals surface area contributed by atoms with Crippen LogP contribution in [0.3, 0.4) is 0 Å². The minimum Gasteiger partial charge on any atom is -0.229 e. The minimum absolute atomic E-state index is 0.717. The predicted molar refractivity (Wildman–Crippen MR) is 118 cm³/mol. The Morgan fingerprint density at radius 1 is 0.607 bits per heavy atom. The molecule has 1 aromatic heterocycles. The summed E-state index contributed by atoms with van der Waals surface area (Å²) in [7, 11) is 0. The molecule has 0 saturated carbocycles. The lowest BCUT2D eigenvalue weighted by molar-refractivity contribution is 1.16. The van der Waals surface area contributed by atoms with Gasteiger partial charge in [-0.3, -0.25) is 0 Å². The van der Waals surface area contributed by atoms with Crippen molar-refractivity contribution >= 4 is 6.08 Å². The van der Waals surface area contributed by atoms with Gasteiger partial charge < -0.3 is 0 Å². The first-order chi connectivity index (χ1) is 13.8. The van der Waals surface area contributed by atoms with Crippen molar-refractivity contribution in [3.8, 4) is 33.8 Å². The Morgan fingerprint density at radius 2 is 1.18 bits per heavy atom. The van der Waals surface area contributed by atoms with Gasteiger partial charge in [0.1, 0.15) is 0 Å². The lowest BCUT2D eigenvalue weighted by atomic mass is 10.0. The van der Waals surface area contributed by atoms with Crippen LogP contribution < -0.4 is 0 Å². The van der Waals surface area contributed by atoms with E-state index >= 15 is 0 Å². The monoisotopic (exact) mass is 360 g/mol. The van der Waals surface area contributed by atoms with Gasteiger partial charge in [-0.15, -0.1) is 0 Å². The van der Waals surface area contributed by atoms with E-state index in [-0.39, 0.29) is 0 Å². The third-order valence-corrected chi connectivity index (χ3v) is 4.47. The number of allylic oxidation sites excluding steroid dienone is 2. The van der Waals surface area contributed by atoms with Crippen LogP contribution in [0, 0.1) is 0 Å². The van der Waals surface area contributed by atoms with Gasteiger partial charge in [-0.25, -0.2) is 9.97 Å². The van der Waals surface area contributed by atoms with Gasteiger partial charge in [0, 0.05) is 11.1 Å². The summed E-state index contributed by atoms with van der Waals surface area (Å²) >= 11 is 0. The molecule has 0 N–H and O–H groups in total. The Morgan fingerprint density at radius 3 is 1.82 bits per heavy atom. The molecule has 4 aromatic rings. The van der Waals surface area contributed by atoms with Gasteiger partial charge >= 0.3 is 0 Å². The second-order valence-corrected chi connectivity index (χ2v) is 6.41. The molecule has 0 aliphatic rings. The Bertz CT molecular complexity index is 1100. The zero-order chi connectivity index (χ0) is 19.2. The summed E-state index contributed by atoms with van der Waals surface area (Å²) < 4.78 is 0. The molecule has 2 heteroatoms. The molecule has 4 rings (SSSR count). The molecule has 2 nitrogen and oxygen atoms in total. The fraction of sp³-hybridized carbons (Fsp3) is 0. The van der Waals surface area contributed by atoms with Crippen LogP contribution in [0.2, 0.25) is 0 Å². The first-order valence-corrected chi connectivity index (χ1v) is 9.23. The summed E-state index contributed by atoms with van der Waals surface area (Å²) in [5.74, 6) is 0.717. The molecule has 3 aromatic carbocycles. The molecule has 0 radical (unpaired) electrons. The summed E-state index contributed by atoms with van der Waals surface area (Å²) in [6, 6.07) is 30.9. The van der Waals surface area contributed by atoms with E-state index in [4.69, 9.17) is 4.98 Å². The van der Waals surface area contributed by atoms with Crippen LogP contribution >= 0.6 is 0 Å². The first kappa shape index (κ1) is 17.6. The Balaban J connectivity index is 1.76. The van der Waals surface area contributed by atoms with Gasteiger partial charge in [-0.2, -0.15) is 0 Å². The van der Waals surface area contributed by atoms with Crippen molar-refractivity contribution in [2.24, 2.45) is 0 Å². The molecule has 0 aliphatic heterocycles. The zero-order valence-corrected chi connectivity index (χ0v) is 15.5. The SMILES string of the molecule is C=C/C=C/c1cc(-c2ccc(-c3ccccc3)cc2)nc(-c2ccccc2)n1. The average Bonchev–Trinajstić information content (AvgIpc) is 2.79. The summed E-state index contributed by atoms with van der Waals surface area (Å²) in [5, 5.41) is 0. The third kappa shape index (κ3) is 3.97. The van der Waals surface area contributed by atoms with Crippen molar-refractivity contribution in [2.75, 3.05) is 0 Å². The second-order valence-electron chi connectivity index (χ2n) is 6.41. The van der Waals surface area contributed by atoms with E-state index in [9.17, 15) is 0 Å². The maximum absolute atomic E-state index is 4.81. The Kier molecular flexibility index (Phi) is 5.21. The third-order valence-electron chi connectivity index (χ3n) is 4.47. The smallest absolute Gasteiger partial charge is 0.160 e. The lowest BCUT2D eigenvalue weighted by Gasteiger charge is -2.08. The molecule has 0 fully saturated rings. The molecule has 28 heavy (non-hydrogen) atoms. The van der Waals surface area contributed by atoms with Crippen molar-refractivity contribution in [2.45, 2.75) is 0 Å². The lowest BCUT2D eigenvalue weighted by Crippen LogP contribution is -1.95. The van der Waals surface area contributed by atoms with Crippen molar-refractivity contribution in [1.82, 2.24) is 9.97 Å². The molecule has 0 saturated heterocycles. The summed E-state index contributed by atoms with van der Waals surface area (Å²) in [6.45, 7) is 3.75. The van der Waals surface area contributed by atoms with Crippen molar-refractivity contribution < 1.29 is 0 Å². The van der Waals surface area contributed by atoms with Crippen LogP contribution in [-0.2, 0) is 0 Å². The molecule has 0 amide bonds. The van der Waals surface area contributed by atoms with Gasteiger partial charge in [0.15, 0.2) is 5.82 Å². The molecule has 0 unspecified atom stereocenters. The summed E-state index contributed by atoms with van der Waals surface area (Å²) in [4.78, 5) is 9.50. The van der Waals surface area contributed by atoms with Gasteiger partial charge in [-0.1, -0.05) is 104 Å². The molecular formula is C26H20N2. The van der Waals surface area contributed by atoms with Crippen LogP contribution in [0.1, 0.15) is 5.69 Å². The molecule has 0 bridgehead atoms. The highest BCUT2D eigenvalue weighted by Gasteiger charge is 2.08. The molecule has 134 valence electrons. The van der Waals surface area contributed by atoms with E-state index in [0.29, 0.717) is 5.82 Å². The number of nitrogens with zero attached hydrogens (tertiary/aromatic N) is 2. The fourth-order valence-electron chi connectivity index (χ4n) is 3.05. The average molecular weight is 360 g/mol. The minimum atomic E-state index is 0.717. The number of rotatable bonds is 5. The van der Waals surface area contributed by atoms with E-state index in [2.05, 4.69) is 60.1 Å². The molecule has 0 atom stereocenters. The van der Waals surface area contributed by atoms with Gasteiger partial charge in [0.25, 0.3) is 0 Å². The Labute approximate surface area is 165 Å². The zero-order valence-electron chi connectivity index (χ0n) is 15.5. The number of hydrogen-bond donors (Lipinski definition) is 0. The predicted octanol–water partition coefficient (Wildman–Crippen LogP) is 6.68. The number of benzene rings is 3. The second kappa shape index (κ2) is 8.28. The summed E-state index contributed by atoms with van der Waals surface area (Å²) in [6.07, 6.45) is 5.58. The molecular weight excluding hydrogens is 340 g/mol. The molecule has 1 heterocycles. The first-order valence-electron chi connectivity index (χ1n) is 9.23. The van der Waals surface area contributed by atoms with E-state index in [1.165, 1.54) is 11.1 Å².